The van der Waals surface area contributed by atoms with Gasteiger partial charge in [0.15, 0.2) is 0 Å². The molecular formula is C15H28ClNO. The molecule has 0 aromatic rings. The molecule has 1 saturated heterocycles. The van der Waals surface area contributed by atoms with Crippen LogP contribution in [0.4, 0.5) is 0 Å². The van der Waals surface area contributed by atoms with Crippen LogP contribution in [0.2, 0.25) is 0 Å². The minimum atomic E-state index is 0.132. The first-order chi connectivity index (χ1) is 8.55. The second-order valence-electron chi connectivity index (χ2n) is 6.73. The molecule has 1 N–H and O–H groups in total. The highest BCUT2D eigenvalue weighted by atomic mass is 35.5. The SMILES string of the molecule is CC(C)(CCCl)NCC1CCC2(CCCCC2)O1. The molecule has 0 amide bonds. The fourth-order valence-electron chi connectivity index (χ4n) is 3.32. The summed E-state index contributed by atoms with van der Waals surface area (Å²) in [6.45, 7) is 5.42. The fraction of sp³-hybridized carbons (Fsp3) is 1.00. The van der Waals surface area contributed by atoms with E-state index in [1.54, 1.807) is 0 Å². The van der Waals surface area contributed by atoms with Gasteiger partial charge in [-0.2, -0.15) is 0 Å². The summed E-state index contributed by atoms with van der Waals surface area (Å²) in [5, 5.41) is 3.61. The predicted octanol–water partition coefficient (Wildman–Crippen LogP) is 3.87. The van der Waals surface area contributed by atoms with E-state index < -0.39 is 0 Å². The Morgan fingerprint density at radius 3 is 2.61 bits per heavy atom. The van der Waals surface area contributed by atoms with Crippen LogP contribution in [0, 0.1) is 0 Å². The molecule has 2 rings (SSSR count). The van der Waals surface area contributed by atoms with E-state index in [1.807, 2.05) is 0 Å². The smallest absolute Gasteiger partial charge is 0.0708 e. The Morgan fingerprint density at radius 2 is 1.94 bits per heavy atom. The first-order valence-corrected chi connectivity index (χ1v) is 8.08. The Hall–Kier alpha value is 0.210. The van der Waals surface area contributed by atoms with Crippen LogP contribution in [0.3, 0.4) is 0 Å². The van der Waals surface area contributed by atoms with Gasteiger partial charge in [0.25, 0.3) is 0 Å². The molecule has 1 atom stereocenters. The molecule has 18 heavy (non-hydrogen) atoms. The van der Waals surface area contributed by atoms with Crippen LogP contribution in [0.25, 0.3) is 0 Å². The third-order valence-corrected chi connectivity index (χ3v) is 4.82. The molecule has 0 bridgehead atoms. The van der Waals surface area contributed by atoms with Crippen LogP contribution in [-0.4, -0.2) is 29.7 Å². The molecule has 3 heteroatoms. The van der Waals surface area contributed by atoms with Crippen LogP contribution in [0.5, 0.6) is 0 Å². The summed E-state index contributed by atoms with van der Waals surface area (Å²) in [6, 6.07) is 0. The lowest BCUT2D eigenvalue weighted by molar-refractivity contribution is -0.0638. The zero-order valence-corrected chi connectivity index (χ0v) is 12.7. The standard InChI is InChI=1S/C15H28ClNO/c1-14(2,10-11-16)17-12-13-6-9-15(18-13)7-4-3-5-8-15/h13,17H,3-12H2,1-2H3. The van der Waals surface area contributed by atoms with E-state index in [2.05, 4.69) is 19.2 Å². The molecule has 1 spiro atoms. The number of nitrogens with one attached hydrogen (secondary N) is 1. The van der Waals surface area contributed by atoms with Crippen LogP contribution in [-0.2, 0) is 4.74 Å². The quantitative estimate of drug-likeness (QED) is 0.768. The summed E-state index contributed by atoms with van der Waals surface area (Å²) in [4.78, 5) is 0. The monoisotopic (exact) mass is 273 g/mol. The summed E-state index contributed by atoms with van der Waals surface area (Å²) in [5.41, 5.74) is 0.384. The van der Waals surface area contributed by atoms with E-state index in [-0.39, 0.29) is 11.1 Å². The molecule has 2 aliphatic rings. The Labute approximate surface area is 117 Å². The van der Waals surface area contributed by atoms with Gasteiger partial charge in [0.2, 0.25) is 0 Å². The largest absolute Gasteiger partial charge is 0.370 e. The van der Waals surface area contributed by atoms with Crippen LogP contribution in [0.1, 0.15) is 65.2 Å². The Morgan fingerprint density at radius 1 is 1.22 bits per heavy atom. The van der Waals surface area contributed by atoms with E-state index in [4.69, 9.17) is 16.3 Å². The summed E-state index contributed by atoms with van der Waals surface area (Å²) in [5.74, 6) is 0.718. The van der Waals surface area contributed by atoms with Crippen molar-refractivity contribution in [3.8, 4) is 0 Å². The lowest BCUT2D eigenvalue weighted by Gasteiger charge is -2.34. The molecule has 0 radical (unpaired) electrons. The van der Waals surface area contributed by atoms with Crippen molar-refractivity contribution < 1.29 is 4.74 Å². The van der Waals surface area contributed by atoms with E-state index in [0.717, 1.165) is 18.8 Å². The summed E-state index contributed by atoms with van der Waals surface area (Å²) < 4.78 is 6.37. The highest BCUT2D eigenvalue weighted by Crippen LogP contribution is 2.41. The van der Waals surface area contributed by atoms with Gasteiger partial charge in [-0.05, 0) is 46.0 Å². The molecule has 0 aromatic heterocycles. The minimum Gasteiger partial charge on any atom is -0.370 e. The van der Waals surface area contributed by atoms with Crippen molar-refractivity contribution in [1.29, 1.82) is 0 Å². The molecule has 2 nitrogen and oxygen atoms in total. The van der Waals surface area contributed by atoms with Crippen molar-refractivity contribution >= 4 is 11.6 Å². The Bertz CT molecular complexity index is 261. The number of rotatable bonds is 5. The average Bonchev–Trinajstić information content (AvgIpc) is 2.71. The van der Waals surface area contributed by atoms with Crippen molar-refractivity contribution in [2.24, 2.45) is 0 Å². The minimum absolute atomic E-state index is 0.132. The molecule has 1 aliphatic heterocycles. The van der Waals surface area contributed by atoms with Gasteiger partial charge in [0.05, 0.1) is 11.7 Å². The van der Waals surface area contributed by atoms with Gasteiger partial charge < -0.3 is 10.1 Å². The van der Waals surface area contributed by atoms with Gasteiger partial charge in [-0.15, -0.1) is 11.6 Å². The molecule has 1 unspecified atom stereocenters. The van der Waals surface area contributed by atoms with Crippen LogP contribution >= 0.6 is 11.6 Å². The van der Waals surface area contributed by atoms with Crippen molar-refractivity contribution in [2.45, 2.75) is 82.5 Å². The summed E-state index contributed by atoms with van der Waals surface area (Å²) in [7, 11) is 0. The Kier molecular flexibility index (Phi) is 4.96. The topological polar surface area (TPSA) is 21.3 Å². The zero-order chi connectivity index (χ0) is 13.1. The Balaban J connectivity index is 1.75. The fourth-order valence-corrected chi connectivity index (χ4v) is 3.79. The van der Waals surface area contributed by atoms with Gasteiger partial charge in [-0.1, -0.05) is 19.3 Å². The molecule has 0 aromatic carbocycles. The third kappa shape index (κ3) is 3.85. The van der Waals surface area contributed by atoms with Crippen molar-refractivity contribution in [1.82, 2.24) is 5.32 Å². The van der Waals surface area contributed by atoms with Crippen molar-refractivity contribution in [3.63, 3.8) is 0 Å². The summed E-state index contributed by atoms with van der Waals surface area (Å²) in [6.07, 6.45) is 10.6. The third-order valence-electron chi connectivity index (χ3n) is 4.63. The normalized spacial score (nSPS) is 27.8. The summed E-state index contributed by atoms with van der Waals surface area (Å²) >= 11 is 5.83. The maximum atomic E-state index is 6.37. The van der Waals surface area contributed by atoms with Gasteiger partial charge in [0.1, 0.15) is 0 Å². The average molecular weight is 274 g/mol. The molecule has 2 fully saturated rings. The zero-order valence-electron chi connectivity index (χ0n) is 11.9. The maximum Gasteiger partial charge on any atom is 0.0708 e. The van der Waals surface area contributed by atoms with Gasteiger partial charge in [-0.3, -0.25) is 0 Å². The molecule has 1 aliphatic carbocycles. The van der Waals surface area contributed by atoms with Gasteiger partial charge in [-0.25, -0.2) is 0 Å². The molecule has 1 saturated carbocycles. The first-order valence-electron chi connectivity index (χ1n) is 7.54. The van der Waals surface area contributed by atoms with Gasteiger partial charge >= 0.3 is 0 Å². The van der Waals surface area contributed by atoms with E-state index in [1.165, 1.54) is 44.9 Å². The van der Waals surface area contributed by atoms with E-state index >= 15 is 0 Å². The van der Waals surface area contributed by atoms with E-state index in [9.17, 15) is 0 Å². The predicted molar refractivity (Wildman–Crippen MR) is 77.3 cm³/mol. The van der Waals surface area contributed by atoms with Crippen molar-refractivity contribution in [3.05, 3.63) is 0 Å². The number of ether oxygens (including phenoxy) is 1. The molecular weight excluding hydrogens is 246 g/mol. The second-order valence-corrected chi connectivity index (χ2v) is 7.10. The number of hydrogen-bond acceptors (Lipinski definition) is 2. The molecule has 1 heterocycles. The highest BCUT2D eigenvalue weighted by molar-refractivity contribution is 6.17. The maximum absolute atomic E-state index is 6.37. The van der Waals surface area contributed by atoms with Crippen molar-refractivity contribution in [2.75, 3.05) is 12.4 Å². The van der Waals surface area contributed by atoms with E-state index in [0.29, 0.717) is 6.10 Å². The van der Waals surface area contributed by atoms with Gasteiger partial charge in [0, 0.05) is 18.0 Å². The second kappa shape index (κ2) is 6.11. The number of hydrogen-bond donors (Lipinski definition) is 1. The van der Waals surface area contributed by atoms with Crippen LogP contribution in [0.15, 0.2) is 0 Å². The molecule has 106 valence electrons. The number of alkyl halides is 1. The highest BCUT2D eigenvalue weighted by Gasteiger charge is 2.40. The first kappa shape index (κ1) is 14.6. The lowest BCUT2D eigenvalue weighted by atomic mass is 9.83. The van der Waals surface area contributed by atoms with Crippen LogP contribution < -0.4 is 5.32 Å². The lowest BCUT2D eigenvalue weighted by Crippen LogP contribution is -2.44. The number of halogens is 1.